The number of hydrogen-bond donors (Lipinski definition) is 2. The summed E-state index contributed by atoms with van der Waals surface area (Å²) in [5.74, 6) is -0.162. The fourth-order valence-corrected chi connectivity index (χ4v) is 2.43. The van der Waals surface area contributed by atoms with Gasteiger partial charge in [-0.1, -0.05) is 32.0 Å². The summed E-state index contributed by atoms with van der Waals surface area (Å²) in [6, 6.07) is 6.86. The molecular formula is C15H21FN2O. The number of hydrogen-bond acceptors (Lipinski definition) is 2. The molecule has 3 N–H and O–H groups in total. The van der Waals surface area contributed by atoms with Crippen LogP contribution in [0.25, 0.3) is 0 Å². The number of halogens is 1. The van der Waals surface area contributed by atoms with Crippen molar-refractivity contribution in [1.82, 2.24) is 5.32 Å². The number of nitrogens with one attached hydrogen (secondary N) is 1. The lowest BCUT2D eigenvalue weighted by atomic mass is 9.79. The van der Waals surface area contributed by atoms with Gasteiger partial charge >= 0.3 is 0 Å². The SMILES string of the molecule is CC(C)(CNC(=O)C1CC(N)C1)c1ccccc1F. The van der Waals surface area contributed by atoms with E-state index in [1.54, 1.807) is 12.1 Å². The van der Waals surface area contributed by atoms with Crippen molar-refractivity contribution >= 4 is 5.91 Å². The van der Waals surface area contributed by atoms with Gasteiger partial charge in [-0.15, -0.1) is 0 Å². The van der Waals surface area contributed by atoms with Gasteiger partial charge in [-0.25, -0.2) is 4.39 Å². The minimum absolute atomic E-state index is 0.0334. The van der Waals surface area contributed by atoms with Crippen LogP contribution in [0.3, 0.4) is 0 Å². The molecule has 0 heterocycles. The van der Waals surface area contributed by atoms with Gasteiger partial charge < -0.3 is 11.1 Å². The smallest absolute Gasteiger partial charge is 0.223 e. The second-order valence-electron chi connectivity index (χ2n) is 6.01. The third kappa shape index (κ3) is 3.13. The summed E-state index contributed by atoms with van der Waals surface area (Å²) >= 11 is 0. The van der Waals surface area contributed by atoms with Crippen molar-refractivity contribution in [2.24, 2.45) is 11.7 Å². The normalized spacial score (nSPS) is 22.7. The maximum atomic E-state index is 13.8. The highest BCUT2D eigenvalue weighted by Crippen LogP contribution is 2.27. The highest BCUT2D eigenvalue weighted by molar-refractivity contribution is 5.79. The zero-order valence-electron chi connectivity index (χ0n) is 11.4. The van der Waals surface area contributed by atoms with Crippen LogP contribution in [0.1, 0.15) is 32.3 Å². The Kier molecular flexibility index (Phi) is 3.90. The minimum atomic E-state index is -0.424. The summed E-state index contributed by atoms with van der Waals surface area (Å²) in [7, 11) is 0. The second kappa shape index (κ2) is 5.29. The van der Waals surface area contributed by atoms with Gasteiger partial charge in [0.1, 0.15) is 5.82 Å². The highest BCUT2D eigenvalue weighted by atomic mass is 19.1. The number of carbonyl (C=O) groups is 1. The van der Waals surface area contributed by atoms with E-state index in [0.717, 1.165) is 12.8 Å². The third-order valence-corrected chi connectivity index (χ3v) is 3.85. The number of rotatable bonds is 4. The summed E-state index contributed by atoms with van der Waals surface area (Å²) in [5, 5.41) is 2.91. The Morgan fingerprint density at radius 1 is 1.42 bits per heavy atom. The van der Waals surface area contributed by atoms with Crippen LogP contribution >= 0.6 is 0 Å². The minimum Gasteiger partial charge on any atom is -0.355 e. The molecule has 3 nitrogen and oxygen atoms in total. The zero-order valence-corrected chi connectivity index (χ0v) is 11.4. The summed E-state index contributed by atoms with van der Waals surface area (Å²) in [6.07, 6.45) is 1.51. The van der Waals surface area contributed by atoms with E-state index in [0.29, 0.717) is 12.1 Å². The van der Waals surface area contributed by atoms with E-state index in [2.05, 4.69) is 5.32 Å². The molecule has 0 bridgehead atoms. The largest absolute Gasteiger partial charge is 0.355 e. The molecule has 1 aliphatic carbocycles. The molecule has 1 fully saturated rings. The van der Waals surface area contributed by atoms with E-state index in [4.69, 9.17) is 5.73 Å². The second-order valence-corrected chi connectivity index (χ2v) is 6.01. The third-order valence-electron chi connectivity index (χ3n) is 3.85. The molecule has 0 spiro atoms. The Balaban J connectivity index is 1.94. The van der Waals surface area contributed by atoms with Crippen LogP contribution in [0.5, 0.6) is 0 Å². The summed E-state index contributed by atoms with van der Waals surface area (Å²) in [5.41, 5.74) is 5.87. The molecule has 104 valence electrons. The maximum Gasteiger partial charge on any atom is 0.223 e. The lowest BCUT2D eigenvalue weighted by molar-refractivity contribution is -0.128. The summed E-state index contributed by atoms with van der Waals surface area (Å²) in [4.78, 5) is 11.9. The first-order chi connectivity index (χ1) is 8.90. The van der Waals surface area contributed by atoms with Gasteiger partial charge in [0.2, 0.25) is 5.91 Å². The van der Waals surface area contributed by atoms with Crippen molar-refractivity contribution in [2.75, 3.05) is 6.54 Å². The van der Waals surface area contributed by atoms with Crippen LogP contribution in [0, 0.1) is 11.7 Å². The molecule has 2 rings (SSSR count). The van der Waals surface area contributed by atoms with Crippen LogP contribution in [0.4, 0.5) is 4.39 Å². The topological polar surface area (TPSA) is 55.1 Å². The summed E-state index contributed by atoms with van der Waals surface area (Å²) < 4.78 is 13.8. The van der Waals surface area contributed by atoms with E-state index in [-0.39, 0.29) is 23.7 Å². The molecular weight excluding hydrogens is 243 g/mol. The molecule has 1 aliphatic rings. The van der Waals surface area contributed by atoms with Crippen LogP contribution in [0.15, 0.2) is 24.3 Å². The van der Waals surface area contributed by atoms with Gasteiger partial charge in [-0.05, 0) is 24.5 Å². The number of carbonyl (C=O) groups excluding carboxylic acids is 1. The molecule has 1 aromatic rings. The Bertz CT molecular complexity index is 467. The lowest BCUT2D eigenvalue weighted by Crippen LogP contribution is -2.47. The highest BCUT2D eigenvalue weighted by Gasteiger charge is 2.33. The van der Waals surface area contributed by atoms with Crippen molar-refractivity contribution in [3.63, 3.8) is 0 Å². The van der Waals surface area contributed by atoms with Gasteiger partial charge in [0, 0.05) is 23.9 Å². The predicted octanol–water partition coefficient (Wildman–Crippen LogP) is 1.96. The van der Waals surface area contributed by atoms with Crippen LogP contribution < -0.4 is 11.1 Å². The van der Waals surface area contributed by atoms with Crippen LogP contribution in [-0.2, 0) is 10.2 Å². The number of amides is 1. The maximum absolute atomic E-state index is 13.8. The molecule has 19 heavy (non-hydrogen) atoms. The lowest BCUT2D eigenvalue weighted by Gasteiger charge is -2.33. The average molecular weight is 264 g/mol. The first-order valence-corrected chi connectivity index (χ1v) is 6.68. The molecule has 0 aromatic heterocycles. The van der Waals surface area contributed by atoms with E-state index >= 15 is 0 Å². The van der Waals surface area contributed by atoms with Crippen molar-refractivity contribution in [3.05, 3.63) is 35.6 Å². The molecule has 0 unspecified atom stereocenters. The molecule has 0 atom stereocenters. The zero-order chi connectivity index (χ0) is 14.0. The quantitative estimate of drug-likeness (QED) is 0.873. The van der Waals surface area contributed by atoms with Crippen LogP contribution in [0.2, 0.25) is 0 Å². The molecule has 1 aromatic carbocycles. The average Bonchev–Trinajstić information content (AvgIpc) is 2.32. The first kappa shape index (κ1) is 14.0. The van der Waals surface area contributed by atoms with Gasteiger partial charge in [-0.3, -0.25) is 4.79 Å². The standard InChI is InChI=1S/C15H21FN2O/c1-15(2,12-5-3-4-6-13(12)16)9-18-14(19)10-7-11(17)8-10/h3-6,10-11H,7-9,17H2,1-2H3,(H,18,19). The molecule has 1 amide bonds. The Morgan fingerprint density at radius 3 is 2.63 bits per heavy atom. The van der Waals surface area contributed by atoms with Crippen molar-refractivity contribution in [1.29, 1.82) is 0 Å². The fourth-order valence-electron chi connectivity index (χ4n) is 2.43. The number of nitrogens with two attached hydrogens (primary N) is 1. The van der Waals surface area contributed by atoms with Gasteiger partial charge in [-0.2, -0.15) is 0 Å². The van der Waals surface area contributed by atoms with Gasteiger partial charge in [0.15, 0.2) is 0 Å². The van der Waals surface area contributed by atoms with Crippen molar-refractivity contribution in [2.45, 2.75) is 38.1 Å². The molecule has 0 radical (unpaired) electrons. The van der Waals surface area contributed by atoms with E-state index in [9.17, 15) is 9.18 Å². The summed E-state index contributed by atoms with van der Waals surface area (Å²) in [6.45, 7) is 4.29. The molecule has 4 heteroatoms. The Morgan fingerprint density at radius 2 is 2.05 bits per heavy atom. The van der Waals surface area contributed by atoms with E-state index < -0.39 is 5.41 Å². The number of benzene rings is 1. The Labute approximate surface area is 113 Å². The van der Waals surface area contributed by atoms with E-state index in [1.807, 2.05) is 19.9 Å². The monoisotopic (exact) mass is 264 g/mol. The van der Waals surface area contributed by atoms with Crippen molar-refractivity contribution < 1.29 is 9.18 Å². The van der Waals surface area contributed by atoms with Crippen LogP contribution in [-0.4, -0.2) is 18.5 Å². The van der Waals surface area contributed by atoms with Gasteiger partial charge in [0.25, 0.3) is 0 Å². The van der Waals surface area contributed by atoms with E-state index in [1.165, 1.54) is 6.07 Å². The molecule has 1 saturated carbocycles. The first-order valence-electron chi connectivity index (χ1n) is 6.68. The van der Waals surface area contributed by atoms with Gasteiger partial charge in [0.05, 0.1) is 0 Å². The fraction of sp³-hybridized carbons (Fsp3) is 0.533. The van der Waals surface area contributed by atoms with Crippen molar-refractivity contribution in [3.8, 4) is 0 Å². The Hall–Kier alpha value is -1.42. The molecule has 0 aliphatic heterocycles. The predicted molar refractivity (Wildman–Crippen MR) is 73.1 cm³/mol. The molecule has 0 saturated heterocycles.